The number of ether oxygens (including phenoxy) is 1. The zero-order valence-electron chi connectivity index (χ0n) is 18.9. The predicted molar refractivity (Wildman–Crippen MR) is 115 cm³/mol. The van der Waals surface area contributed by atoms with Gasteiger partial charge in [0.15, 0.2) is 5.03 Å². The SMILES string of the molecule is Cn1cnc(S(=O)(=O)N2CC[C@H](Nc3ncc(C#N)c(O[C@H]4CC(F)(F)C[C@@]4(C)O)n3)[C@H](F)C2)c1. The Kier molecular flexibility index (Phi) is 6.41. The third-order valence-corrected chi connectivity index (χ3v) is 7.78. The van der Waals surface area contributed by atoms with Gasteiger partial charge in [-0.25, -0.2) is 31.6 Å². The Bertz CT molecular complexity index is 1250. The quantitative estimate of drug-likeness (QED) is 0.580. The molecule has 0 radical (unpaired) electrons. The van der Waals surface area contributed by atoms with Gasteiger partial charge in [0.25, 0.3) is 15.9 Å². The number of hydrogen-bond donors (Lipinski definition) is 2. The van der Waals surface area contributed by atoms with Crippen LogP contribution in [0.15, 0.2) is 23.7 Å². The van der Waals surface area contributed by atoms with Gasteiger partial charge in [-0.3, -0.25) is 0 Å². The Balaban J connectivity index is 1.46. The van der Waals surface area contributed by atoms with E-state index in [0.29, 0.717) is 0 Å². The van der Waals surface area contributed by atoms with Crippen LogP contribution in [0.2, 0.25) is 0 Å². The molecule has 2 aromatic heterocycles. The van der Waals surface area contributed by atoms with E-state index in [1.807, 2.05) is 0 Å². The van der Waals surface area contributed by atoms with Gasteiger partial charge in [0.2, 0.25) is 11.8 Å². The number of hydrogen-bond acceptors (Lipinski definition) is 9. The zero-order valence-corrected chi connectivity index (χ0v) is 19.7. The van der Waals surface area contributed by atoms with Crippen molar-refractivity contribution in [1.82, 2.24) is 23.8 Å². The maximum Gasteiger partial charge on any atom is 0.262 e. The molecule has 35 heavy (non-hydrogen) atoms. The molecule has 1 aliphatic carbocycles. The van der Waals surface area contributed by atoms with Gasteiger partial charge < -0.3 is 19.7 Å². The number of nitrogens with one attached hydrogen (secondary N) is 1. The number of anilines is 1. The third kappa shape index (κ3) is 5.19. The van der Waals surface area contributed by atoms with Crippen molar-refractivity contribution in [3.63, 3.8) is 0 Å². The molecule has 2 fully saturated rings. The maximum atomic E-state index is 14.9. The number of nitrogens with zero attached hydrogens (tertiary/aromatic N) is 6. The highest BCUT2D eigenvalue weighted by Gasteiger charge is 2.54. The fourth-order valence-corrected chi connectivity index (χ4v) is 5.61. The second kappa shape index (κ2) is 8.92. The Labute approximate surface area is 199 Å². The number of rotatable bonds is 6. The molecular formula is C20H24F3N7O4S. The summed E-state index contributed by atoms with van der Waals surface area (Å²) in [7, 11) is -2.34. The molecule has 11 nitrogen and oxygen atoms in total. The molecule has 1 saturated heterocycles. The minimum atomic E-state index is -3.96. The van der Waals surface area contributed by atoms with E-state index in [1.165, 1.54) is 24.0 Å². The smallest absolute Gasteiger partial charge is 0.262 e. The average molecular weight is 516 g/mol. The van der Waals surface area contributed by atoms with Gasteiger partial charge in [-0.15, -0.1) is 0 Å². The molecule has 3 heterocycles. The van der Waals surface area contributed by atoms with Gasteiger partial charge >= 0.3 is 0 Å². The lowest BCUT2D eigenvalue weighted by Crippen LogP contribution is -2.50. The first-order valence-electron chi connectivity index (χ1n) is 10.7. The first-order chi connectivity index (χ1) is 16.3. The summed E-state index contributed by atoms with van der Waals surface area (Å²) in [6.45, 7) is 0.804. The second-order valence-corrected chi connectivity index (χ2v) is 10.9. The molecule has 0 unspecified atom stereocenters. The van der Waals surface area contributed by atoms with Crippen molar-refractivity contribution in [2.24, 2.45) is 7.05 Å². The number of sulfonamides is 1. The Morgan fingerprint density at radius 3 is 2.69 bits per heavy atom. The number of piperidine rings is 1. The van der Waals surface area contributed by atoms with Crippen molar-refractivity contribution in [2.45, 2.75) is 61.1 Å². The van der Waals surface area contributed by atoms with E-state index < -0.39 is 59.3 Å². The van der Waals surface area contributed by atoms with Gasteiger partial charge in [0.1, 0.15) is 29.5 Å². The van der Waals surface area contributed by atoms with E-state index >= 15 is 0 Å². The van der Waals surface area contributed by atoms with Crippen LogP contribution in [0.4, 0.5) is 19.1 Å². The number of imidazole rings is 1. The van der Waals surface area contributed by atoms with Crippen LogP contribution in [0.3, 0.4) is 0 Å². The summed E-state index contributed by atoms with van der Waals surface area (Å²) in [5.41, 5.74) is -1.99. The van der Waals surface area contributed by atoms with Gasteiger partial charge in [0, 0.05) is 32.8 Å². The summed E-state index contributed by atoms with van der Waals surface area (Å²) in [4.78, 5) is 11.8. The zero-order chi connectivity index (χ0) is 25.6. The van der Waals surface area contributed by atoms with E-state index in [4.69, 9.17) is 4.74 Å². The summed E-state index contributed by atoms with van der Waals surface area (Å²) >= 11 is 0. The molecule has 0 spiro atoms. The molecule has 2 aromatic rings. The largest absolute Gasteiger partial charge is 0.470 e. The minimum Gasteiger partial charge on any atom is -0.470 e. The molecule has 15 heteroatoms. The van der Waals surface area contributed by atoms with Crippen molar-refractivity contribution >= 4 is 16.0 Å². The lowest BCUT2D eigenvalue weighted by molar-refractivity contribution is -0.0406. The number of aliphatic hydroxyl groups is 1. The number of aromatic nitrogens is 4. The minimum absolute atomic E-state index is 0.0106. The topological polar surface area (TPSA) is 146 Å². The molecule has 4 rings (SSSR count). The van der Waals surface area contributed by atoms with E-state index in [0.717, 1.165) is 10.5 Å². The molecule has 0 bridgehead atoms. The molecule has 1 saturated carbocycles. The molecule has 4 atom stereocenters. The molecular weight excluding hydrogens is 491 g/mol. The lowest BCUT2D eigenvalue weighted by atomic mass is 10.0. The van der Waals surface area contributed by atoms with E-state index in [9.17, 15) is 32.0 Å². The Morgan fingerprint density at radius 2 is 2.11 bits per heavy atom. The van der Waals surface area contributed by atoms with Crippen molar-refractivity contribution in [3.05, 3.63) is 24.3 Å². The number of halogens is 3. The summed E-state index contributed by atoms with van der Waals surface area (Å²) in [5, 5.41) is 22.2. The van der Waals surface area contributed by atoms with Crippen LogP contribution in [0.1, 0.15) is 31.7 Å². The van der Waals surface area contributed by atoms with E-state index in [2.05, 4.69) is 20.3 Å². The summed E-state index contributed by atoms with van der Waals surface area (Å²) < 4.78 is 75.9. The van der Waals surface area contributed by atoms with Crippen LogP contribution in [0.25, 0.3) is 0 Å². The van der Waals surface area contributed by atoms with Gasteiger partial charge in [-0.1, -0.05) is 0 Å². The van der Waals surface area contributed by atoms with Crippen LogP contribution in [-0.4, -0.2) is 80.3 Å². The van der Waals surface area contributed by atoms with E-state index in [-0.39, 0.29) is 35.4 Å². The molecule has 0 amide bonds. The standard InChI is InChI=1S/C20H24F3N7O4S/c1-19(31)10-20(22,23)5-15(19)34-17-12(6-24)7-25-18(28-17)27-14-3-4-30(8-13(14)21)35(32,33)16-9-29(2)11-26-16/h7,9,11,13-15,31H,3-5,8,10H2,1-2H3,(H,25,27,28)/t13-,14+,15+,19-/m1/s1. The number of aryl methyl sites for hydroxylation is 1. The first-order valence-corrected chi connectivity index (χ1v) is 12.2. The van der Waals surface area contributed by atoms with Crippen LogP contribution in [-0.2, 0) is 17.1 Å². The normalized spacial score (nSPS) is 29.0. The highest BCUT2D eigenvalue weighted by atomic mass is 32.2. The molecule has 0 aromatic carbocycles. The van der Waals surface area contributed by atoms with Crippen LogP contribution >= 0.6 is 0 Å². The summed E-state index contributed by atoms with van der Waals surface area (Å²) in [5.74, 6) is -3.59. The number of nitriles is 1. The van der Waals surface area contributed by atoms with Gasteiger partial charge in [0.05, 0.1) is 25.0 Å². The summed E-state index contributed by atoms with van der Waals surface area (Å²) in [6, 6.07) is 0.938. The van der Waals surface area contributed by atoms with Crippen molar-refractivity contribution in [3.8, 4) is 11.9 Å². The Morgan fingerprint density at radius 1 is 1.37 bits per heavy atom. The number of alkyl halides is 3. The molecule has 190 valence electrons. The van der Waals surface area contributed by atoms with Crippen LogP contribution < -0.4 is 10.1 Å². The highest BCUT2D eigenvalue weighted by molar-refractivity contribution is 7.89. The monoisotopic (exact) mass is 515 g/mol. The molecule has 2 N–H and O–H groups in total. The second-order valence-electron chi connectivity index (χ2n) is 9.02. The van der Waals surface area contributed by atoms with Crippen LogP contribution in [0, 0.1) is 11.3 Å². The predicted octanol–water partition coefficient (Wildman–Crippen LogP) is 1.22. The molecule has 2 aliphatic rings. The van der Waals surface area contributed by atoms with Gasteiger partial charge in [-0.05, 0) is 13.3 Å². The average Bonchev–Trinajstić information content (AvgIpc) is 3.29. The van der Waals surface area contributed by atoms with Crippen molar-refractivity contribution in [1.29, 1.82) is 5.26 Å². The fraction of sp³-hybridized carbons (Fsp3) is 0.600. The third-order valence-electron chi connectivity index (χ3n) is 6.03. The van der Waals surface area contributed by atoms with Crippen molar-refractivity contribution in [2.75, 3.05) is 18.4 Å². The van der Waals surface area contributed by atoms with Crippen LogP contribution in [0.5, 0.6) is 5.88 Å². The van der Waals surface area contributed by atoms with E-state index in [1.54, 1.807) is 13.1 Å². The summed E-state index contributed by atoms with van der Waals surface area (Å²) in [6.07, 6.45) is -0.656. The highest BCUT2D eigenvalue weighted by Crippen LogP contribution is 2.43. The first kappa shape index (κ1) is 25.1. The van der Waals surface area contributed by atoms with Crippen molar-refractivity contribution < 1.29 is 31.4 Å². The Hall–Kier alpha value is -2.96. The fourth-order valence-electron chi connectivity index (χ4n) is 4.18. The van der Waals surface area contributed by atoms with Gasteiger partial charge in [-0.2, -0.15) is 14.6 Å². The maximum absolute atomic E-state index is 14.9. The lowest BCUT2D eigenvalue weighted by Gasteiger charge is -2.33. The molecule has 1 aliphatic heterocycles.